The van der Waals surface area contributed by atoms with Crippen molar-refractivity contribution in [2.24, 2.45) is 0 Å². The Kier molecular flexibility index (Phi) is 3.92. The van der Waals surface area contributed by atoms with E-state index in [1.54, 1.807) is 0 Å². The van der Waals surface area contributed by atoms with E-state index < -0.39 is 0 Å². The fourth-order valence-corrected chi connectivity index (χ4v) is 1.24. The van der Waals surface area contributed by atoms with Crippen LogP contribution < -0.4 is 5.73 Å². The lowest BCUT2D eigenvalue weighted by Gasteiger charge is -2.02. The molecule has 0 heterocycles. The van der Waals surface area contributed by atoms with Gasteiger partial charge in [0.15, 0.2) is 0 Å². The number of nitrogen functional groups attached to an aromatic ring is 1. The summed E-state index contributed by atoms with van der Waals surface area (Å²) in [4.78, 5) is 10.1. The number of benzene rings is 1. The van der Waals surface area contributed by atoms with Crippen molar-refractivity contribution in [2.45, 2.75) is 19.8 Å². The van der Waals surface area contributed by atoms with Crippen molar-refractivity contribution in [3.63, 3.8) is 0 Å². The van der Waals surface area contributed by atoms with Gasteiger partial charge in [0.1, 0.15) is 6.29 Å². The predicted molar refractivity (Wildman–Crippen MR) is 59.9 cm³/mol. The van der Waals surface area contributed by atoms with Crippen LogP contribution in [0.15, 0.2) is 24.3 Å². The molecule has 0 amide bonds. The molecular weight excluding hydrogens is 174 g/mol. The maximum atomic E-state index is 10.1. The largest absolute Gasteiger partial charge is 0.398 e. The minimum atomic E-state index is 0.440. The van der Waals surface area contributed by atoms with Crippen LogP contribution in [0, 0.1) is 0 Å². The molecule has 0 saturated carbocycles. The first-order valence-corrected chi connectivity index (χ1v) is 4.76. The number of hydrogen-bond acceptors (Lipinski definition) is 2. The molecule has 0 unspecified atom stereocenters. The Hall–Kier alpha value is -1.57. The van der Waals surface area contributed by atoms with Crippen molar-refractivity contribution in [3.8, 4) is 0 Å². The van der Waals surface area contributed by atoms with Gasteiger partial charge in [-0.25, -0.2) is 0 Å². The summed E-state index contributed by atoms with van der Waals surface area (Å²) in [7, 11) is 0. The highest BCUT2D eigenvalue weighted by molar-refractivity contribution is 5.67. The Balaban J connectivity index is 2.88. The van der Waals surface area contributed by atoms with Gasteiger partial charge >= 0.3 is 0 Å². The first kappa shape index (κ1) is 10.5. The van der Waals surface area contributed by atoms with Crippen LogP contribution >= 0.6 is 0 Å². The number of aldehydes is 1. The molecule has 74 valence electrons. The summed E-state index contributed by atoms with van der Waals surface area (Å²) < 4.78 is 0. The number of nitrogens with two attached hydrogens (primary N) is 1. The van der Waals surface area contributed by atoms with E-state index in [0.29, 0.717) is 6.42 Å². The van der Waals surface area contributed by atoms with E-state index >= 15 is 0 Å². The van der Waals surface area contributed by atoms with Gasteiger partial charge in [0, 0.05) is 12.1 Å². The van der Waals surface area contributed by atoms with Crippen LogP contribution in [0.5, 0.6) is 0 Å². The Labute approximate surface area is 84.4 Å². The van der Waals surface area contributed by atoms with Gasteiger partial charge < -0.3 is 10.5 Å². The van der Waals surface area contributed by atoms with Gasteiger partial charge in [-0.05, 0) is 29.7 Å². The topological polar surface area (TPSA) is 43.1 Å². The van der Waals surface area contributed by atoms with E-state index in [-0.39, 0.29) is 0 Å². The quantitative estimate of drug-likeness (QED) is 0.584. The van der Waals surface area contributed by atoms with E-state index in [2.05, 4.69) is 13.0 Å². The molecule has 2 heteroatoms. The zero-order valence-electron chi connectivity index (χ0n) is 8.36. The summed E-state index contributed by atoms with van der Waals surface area (Å²) in [5.74, 6) is 0. The number of aryl methyl sites for hydroxylation is 1. The molecule has 14 heavy (non-hydrogen) atoms. The molecule has 0 fully saturated rings. The zero-order chi connectivity index (χ0) is 10.4. The second kappa shape index (κ2) is 5.22. The van der Waals surface area contributed by atoms with Crippen LogP contribution in [0.3, 0.4) is 0 Å². The van der Waals surface area contributed by atoms with Crippen LogP contribution in [0.25, 0.3) is 6.08 Å². The van der Waals surface area contributed by atoms with Crippen molar-refractivity contribution in [1.82, 2.24) is 0 Å². The Morgan fingerprint density at radius 2 is 2.21 bits per heavy atom. The monoisotopic (exact) mass is 189 g/mol. The molecule has 1 aromatic carbocycles. The fraction of sp³-hybridized carbons (Fsp3) is 0.250. The maximum absolute atomic E-state index is 10.1. The van der Waals surface area contributed by atoms with Crippen molar-refractivity contribution < 1.29 is 4.79 Å². The van der Waals surface area contributed by atoms with Gasteiger partial charge in [0.2, 0.25) is 0 Å². The molecule has 1 aromatic rings. The Morgan fingerprint density at radius 3 is 2.86 bits per heavy atom. The molecule has 0 saturated heterocycles. The van der Waals surface area contributed by atoms with E-state index in [1.165, 1.54) is 5.56 Å². The summed E-state index contributed by atoms with van der Waals surface area (Å²) in [5.41, 5.74) is 8.79. The lowest BCUT2D eigenvalue weighted by Crippen LogP contribution is -1.91. The molecule has 0 aliphatic carbocycles. The lowest BCUT2D eigenvalue weighted by molar-refractivity contribution is -0.107. The number of anilines is 1. The van der Waals surface area contributed by atoms with Crippen molar-refractivity contribution in [2.75, 3.05) is 5.73 Å². The van der Waals surface area contributed by atoms with Crippen LogP contribution in [-0.4, -0.2) is 6.29 Å². The zero-order valence-corrected chi connectivity index (χ0v) is 8.36. The van der Waals surface area contributed by atoms with E-state index in [1.807, 2.05) is 24.3 Å². The third-order valence-corrected chi connectivity index (χ3v) is 2.09. The molecule has 1 rings (SSSR count). The SMILES string of the molecule is CCc1ccc(N)c(C=CCC=O)c1. The van der Waals surface area contributed by atoms with Crippen LogP contribution in [0.2, 0.25) is 0 Å². The van der Waals surface area contributed by atoms with Gasteiger partial charge in [0.05, 0.1) is 0 Å². The molecule has 0 aliphatic heterocycles. The highest BCUT2D eigenvalue weighted by Crippen LogP contribution is 2.16. The number of hydrogen-bond donors (Lipinski definition) is 1. The van der Waals surface area contributed by atoms with Crippen molar-refractivity contribution in [1.29, 1.82) is 0 Å². The fourth-order valence-electron chi connectivity index (χ4n) is 1.24. The molecular formula is C12H15NO. The first-order valence-electron chi connectivity index (χ1n) is 4.76. The van der Waals surface area contributed by atoms with Gasteiger partial charge in [-0.15, -0.1) is 0 Å². The number of rotatable bonds is 4. The summed E-state index contributed by atoms with van der Waals surface area (Å²) in [6.45, 7) is 2.10. The van der Waals surface area contributed by atoms with Crippen molar-refractivity contribution >= 4 is 18.0 Å². The van der Waals surface area contributed by atoms with E-state index in [4.69, 9.17) is 5.73 Å². The first-order chi connectivity index (χ1) is 6.77. The van der Waals surface area contributed by atoms with Crippen LogP contribution in [0.4, 0.5) is 5.69 Å². The second-order valence-electron chi connectivity index (χ2n) is 3.12. The summed E-state index contributed by atoms with van der Waals surface area (Å²) in [5, 5.41) is 0. The number of carbonyl (C=O) groups excluding carboxylic acids is 1. The van der Waals surface area contributed by atoms with Gasteiger partial charge in [-0.2, -0.15) is 0 Å². The molecule has 0 aliphatic rings. The predicted octanol–water partition coefficient (Wildman–Crippen LogP) is 2.43. The molecule has 0 radical (unpaired) electrons. The standard InChI is InChI=1S/C12H15NO/c1-2-10-6-7-12(13)11(9-10)5-3-4-8-14/h3,5-9H,2,4,13H2,1H3. The van der Waals surface area contributed by atoms with E-state index in [0.717, 1.165) is 24.0 Å². The molecule has 0 atom stereocenters. The van der Waals surface area contributed by atoms with Gasteiger partial charge in [-0.3, -0.25) is 0 Å². The van der Waals surface area contributed by atoms with E-state index in [9.17, 15) is 4.79 Å². The maximum Gasteiger partial charge on any atom is 0.123 e. The normalized spacial score (nSPS) is 10.6. The molecule has 0 bridgehead atoms. The lowest BCUT2D eigenvalue weighted by atomic mass is 10.1. The molecule has 2 nitrogen and oxygen atoms in total. The minimum Gasteiger partial charge on any atom is -0.398 e. The summed E-state index contributed by atoms with van der Waals surface area (Å²) in [6.07, 6.45) is 6.02. The second-order valence-corrected chi connectivity index (χ2v) is 3.12. The average molecular weight is 189 g/mol. The highest BCUT2D eigenvalue weighted by Gasteiger charge is 1.95. The number of allylic oxidation sites excluding steroid dienone is 1. The highest BCUT2D eigenvalue weighted by atomic mass is 16.1. The molecule has 0 spiro atoms. The average Bonchev–Trinajstić information content (AvgIpc) is 2.21. The molecule has 0 aromatic heterocycles. The molecule has 2 N–H and O–H groups in total. The number of carbonyl (C=O) groups is 1. The van der Waals surface area contributed by atoms with Crippen LogP contribution in [-0.2, 0) is 11.2 Å². The van der Waals surface area contributed by atoms with Crippen molar-refractivity contribution in [3.05, 3.63) is 35.4 Å². The Morgan fingerprint density at radius 1 is 1.43 bits per heavy atom. The van der Waals surface area contributed by atoms with Gasteiger partial charge in [0.25, 0.3) is 0 Å². The van der Waals surface area contributed by atoms with Crippen LogP contribution in [0.1, 0.15) is 24.5 Å². The smallest absolute Gasteiger partial charge is 0.123 e. The third kappa shape index (κ3) is 2.73. The summed E-state index contributed by atoms with van der Waals surface area (Å²) >= 11 is 0. The minimum absolute atomic E-state index is 0.440. The summed E-state index contributed by atoms with van der Waals surface area (Å²) in [6, 6.07) is 5.97. The Bertz CT molecular complexity index is 342. The van der Waals surface area contributed by atoms with Gasteiger partial charge in [-0.1, -0.05) is 25.1 Å². The third-order valence-electron chi connectivity index (χ3n) is 2.09.